The van der Waals surface area contributed by atoms with E-state index in [1.165, 1.54) is 18.3 Å². The lowest BCUT2D eigenvalue weighted by atomic mass is 10.1. The van der Waals surface area contributed by atoms with Crippen molar-refractivity contribution in [3.8, 4) is 0 Å². The lowest BCUT2D eigenvalue weighted by Gasteiger charge is -2.37. The van der Waals surface area contributed by atoms with E-state index in [0.29, 0.717) is 10.7 Å². The molecule has 2 heterocycles. The molecule has 1 fully saturated rings. The van der Waals surface area contributed by atoms with Gasteiger partial charge >= 0.3 is 0 Å². The number of hydrogen-bond acceptors (Lipinski definition) is 8. The molecule has 5 N–H and O–H groups in total. The van der Waals surface area contributed by atoms with E-state index in [-0.39, 0.29) is 17.6 Å². The minimum Gasteiger partial charge on any atom is -0.338 e. The molecule has 12 heteroatoms. The smallest absolute Gasteiger partial charge is 0.252 e. The van der Waals surface area contributed by atoms with Crippen LogP contribution < -0.4 is 26.6 Å². The molecule has 0 spiro atoms. The van der Waals surface area contributed by atoms with Crippen molar-refractivity contribution in [3.63, 3.8) is 0 Å². The fourth-order valence-electron chi connectivity index (χ4n) is 2.67. The SMILES string of the molecule is CC(=O)NC1NC(SCC(=O)Nc2nccs2)NC(=O)C1NC(=O)c1ccccc1. The van der Waals surface area contributed by atoms with Gasteiger partial charge in [0.15, 0.2) is 5.13 Å². The van der Waals surface area contributed by atoms with Gasteiger partial charge in [-0.25, -0.2) is 4.98 Å². The summed E-state index contributed by atoms with van der Waals surface area (Å²) in [4.78, 5) is 52.7. The third-order valence-electron chi connectivity index (χ3n) is 3.96. The number of thiazole rings is 1. The van der Waals surface area contributed by atoms with Crippen molar-refractivity contribution in [2.75, 3.05) is 11.1 Å². The molecule has 3 rings (SSSR count). The fourth-order valence-corrected chi connectivity index (χ4v) is 4.05. The first kappa shape index (κ1) is 21.7. The molecule has 1 aliphatic rings. The highest BCUT2D eigenvalue weighted by Crippen LogP contribution is 2.15. The first-order valence-corrected chi connectivity index (χ1v) is 10.9. The van der Waals surface area contributed by atoms with Gasteiger partial charge in [-0.3, -0.25) is 24.5 Å². The second kappa shape index (κ2) is 10.2. The molecule has 4 amide bonds. The normalized spacial score (nSPS) is 20.7. The van der Waals surface area contributed by atoms with Crippen molar-refractivity contribution >= 4 is 51.9 Å². The number of benzene rings is 1. The summed E-state index contributed by atoms with van der Waals surface area (Å²) in [5.41, 5.74) is -0.247. The van der Waals surface area contributed by atoms with Gasteiger partial charge in [-0.2, -0.15) is 0 Å². The highest BCUT2D eigenvalue weighted by molar-refractivity contribution is 8.00. The lowest BCUT2D eigenvalue weighted by Crippen LogP contribution is -2.72. The van der Waals surface area contributed by atoms with Gasteiger partial charge in [-0.15, -0.1) is 23.1 Å². The summed E-state index contributed by atoms with van der Waals surface area (Å²) < 4.78 is 0. The number of anilines is 1. The number of nitrogens with one attached hydrogen (secondary N) is 5. The van der Waals surface area contributed by atoms with Crippen LogP contribution in [0.2, 0.25) is 0 Å². The molecule has 3 unspecified atom stereocenters. The van der Waals surface area contributed by atoms with Crippen LogP contribution in [0, 0.1) is 0 Å². The van der Waals surface area contributed by atoms with Gasteiger partial charge in [0.2, 0.25) is 17.7 Å². The van der Waals surface area contributed by atoms with Crippen LogP contribution in [-0.4, -0.2) is 52.1 Å². The third-order valence-corrected chi connectivity index (χ3v) is 5.67. The van der Waals surface area contributed by atoms with E-state index in [2.05, 4.69) is 31.6 Å². The van der Waals surface area contributed by atoms with Crippen LogP contribution in [0.1, 0.15) is 17.3 Å². The summed E-state index contributed by atoms with van der Waals surface area (Å²) in [6, 6.07) is 7.42. The zero-order chi connectivity index (χ0) is 21.5. The first-order chi connectivity index (χ1) is 14.4. The summed E-state index contributed by atoms with van der Waals surface area (Å²) in [6.45, 7) is 1.31. The van der Waals surface area contributed by atoms with Crippen LogP contribution in [0.3, 0.4) is 0 Å². The molecule has 1 aliphatic heterocycles. The molecule has 3 atom stereocenters. The third kappa shape index (κ3) is 6.02. The van der Waals surface area contributed by atoms with Crippen LogP contribution >= 0.6 is 23.1 Å². The molecule has 0 aliphatic carbocycles. The van der Waals surface area contributed by atoms with Gasteiger partial charge in [0.05, 0.1) is 5.75 Å². The van der Waals surface area contributed by atoms with Gasteiger partial charge < -0.3 is 21.3 Å². The van der Waals surface area contributed by atoms with Crippen molar-refractivity contribution in [3.05, 3.63) is 47.5 Å². The van der Waals surface area contributed by atoms with Gasteiger partial charge in [0.1, 0.15) is 17.7 Å². The van der Waals surface area contributed by atoms with Crippen molar-refractivity contribution < 1.29 is 19.2 Å². The highest BCUT2D eigenvalue weighted by Gasteiger charge is 2.38. The zero-order valence-corrected chi connectivity index (χ0v) is 17.5. The molecule has 158 valence electrons. The van der Waals surface area contributed by atoms with E-state index < -0.39 is 29.5 Å². The molecule has 10 nitrogen and oxygen atoms in total. The molecular formula is C18H20N6O4S2. The molecular weight excluding hydrogens is 428 g/mol. The zero-order valence-electron chi connectivity index (χ0n) is 15.9. The van der Waals surface area contributed by atoms with E-state index in [4.69, 9.17) is 0 Å². The summed E-state index contributed by atoms with van der Waals surface area (Å²) in [7, 11) is 0. The Labute approximate surface area is 180 Å². The Morgan fingerprint density at radius 3 is 2.63 bits per heavy atom. The summed E-state index contributed by atoms with van der Waals surface area (Å²) in [5, 5.41) is 15.9. The molecule has 30 heavy (non-hydrogen) atoms. The van der Waals surface area contributed by atoms with Crippen molar-refractivity contribution in [1.29, 1.82) is 0 Å². The van der Waals surface area contributed by atoms with E-state index in [9.17, 15) is 19.2 Å². The van der Waals surface area contributed by atoms with Gasteiger partial charge in [-0.05, 0) is 12.1 Å². The largest absolute Gasteiger partial charge is 0.338 e. The van der Waals surface area contributed by atoms with Crippen LogP contribution in [-0.2, 0) is 14.4 Å². The van der Waals surface area contributed by atoms with E-state index in [1.54, 1.807) is 41.9 Å². The monoisotopic (exact) mass is 448 g/mol. The quantitative estimate of drug-likeness (QED) is 0.404. The minimum atomic E-state index is -1.03. The number of carbonyl (C=O) groups is 4. The van der Waals surface area contributed by atoms with Crippen LogP contribution in [0.25, 0.3) is 0 Å². The average Bonchev–Trinajstić information content (AvgIpc) is 3.22. The molecule has 1 aromatic carbocycles. The number of thioether (sulfide) groups is 1. The Hall–Kier alpha value is -2.96. The second-order valence-corrected chi connectivity index (χ2v) is 8.24. The number of carbonyl (C=O) groups excluding carboxylic acids is 4. The number of aromatic nitrogens is 1. The van der Waals surface area contributed by atoms with Crippen LogP contribution in [0.4, 0.5) is 5.13 Å². The van der Waals surface area contributed by atoms with Gasteiger partial charge in [-0.1, -0.05) is 18.2 Å². The predicted octanol–water partition coefficient (Wildman–Crippen LogP) is 0.0786. The number of hydrogen-bond donors (Lipinski definition) is 5. The Balaban J connectivity index is 1.60. The number of rotatable bonds is 7. The maximum absolute atomic E-state index is 12.6. The van der Waals surface area contributed by atoms with Crippen LogP contribution in [0.5, 0.6) is 0 Å². The second-order valence-electron chi connectivity index (χ2n) is 6.25. The molecule has 0 radical (unpaired) electrons. The average molecular weight is 449 g/mol. The summed E-state index contributed by atoms with van der Waals surface area (Å²) in [6.07, 6.45) is 0.738. The van der Waals surface area contributed by atoms with Crippen molar-refractivity contribution in [1.82, 2.24) is 26.3 Å². The minimum absolute atomic E-state index is 0.0470. The van der Waals surface area contributed by atoms with E-state index in [0.717, 1.165) is 11.8 Å². The maximum Gasteiger partial charge on any atom is 0.252 e. The van der Waals surface area contributed by atoms with E-state index >= 15 is 0 Å². The Bertz CT molecular complexity index is 909. The molecule has 1 aromatic heterocycles. The van der Waals surface area contributed by atoms with Gasteiger partial charge in [0.25, 0.3) is 5.91 Å². The van der Waals surface area contributed by atoms with Crippen molar-refractivity contribution in [2.45, 2.75) is 24.6 Å². The van der Waals surface area contributed by atoms with E-state index in [1.807, 2.05) is 0 Å². The molecule has 1 saturated heterocycles. The first-order valence-electron chi connectivity index (χ1n) is 8.93. The standard InChI is InChI=1S/C18H20N6O4S2/c1-10(25)20-14-13(22-15(27)11-5-3-2-4-6-11)16(28)24-18(23-14)30-9-12(26)21-17-19-7-8-29-17/h2-8,13-14,18,23H,9H2,1H3,(H,20,25)(H,22,27)(H,24,28)(H,19,21,26). The maximum atomic E-state index is 12.6. The highest BCUT2D eigenvalue weighted by atomic mass is 32.2. The molecule has 0 bridgehead atoms. The van der Waals surface area contributed by atoms with Crippen molar-refractivity contribution in [2.24, 2.45) is 0 Å². The molecule has 0 saturated carbocycles. The fraction of sp³-hybridized carbons (Fsp3) is 0.278. The lowest BCUT2D eigenvalue weighted by molar-refractivity contribution is -0.127. The Morgan fingerprint density at radius 2 is 1.97 bits per heavy atom. The Kier molecular flexibility index (Phi) is 7.38. The van der Waals surface area contributed by atoms with Gasteiger partial charge in [0, 0.05) is 24.1 Å². The Morgan fingerprint density at radius 1 is 1.20 bits per heavy atom. The summed E-state index contributed by atoms with van der Waals surface area (Å²) in [5.74, 6) is -1.52. The number of nitrogens with zero attached hydrogens (tertiary/aromatic N) is 1. The molecule has 2 aromatic rings. The number of amides is 4. The predicted molar refractivity (Wildman–Crippen MR) is 114 cm³/mol. The van der Waals surface area contributed by atoms with Crippen LogP contribution in [0.15, 0.2) is 41.9 Å². The summed E-state index contributed by atoms with van der Waals surface area (Å²) >= 11 is 2.44. The topological polar surface area (TPSA) is 141 Å².